The molecule has 7 rings (SSSR count). The fourth-order valence-electron chi connectivity index (χ4n) is 6.69. The van der Waals surface area contributed by atoms with Gasteiger partial charge in [-0.25, -0.2) is 18.5 Å². The highest BCUT2D eigenvalue weighted by atomic mass is 35.5. The summed E-state index contributed by atoms with van der Waals surface area (Å²) in [6, 6.07) is 8.07. The van der Waals surface area contributed by atoms with Crippen LogP contribution < -0.4 is 14.9 Å². The van der Waals surface area contributed by atoms with Crippen LogP contribution in [0.5, 0.6) is 0 Å². The van der Waals surface area contributed by atoms with Crippen LogP contribution in [0.15, 0.2) is 36.7 Å². The number of hydrogen-bond acceptors (Lipinski definition) is 7. The van der Waals surface area contributed by atoms with E-state index in [4.69, 9.17) is 10.1 Å². The van der Waals surface area contributed by atoms with Crippen molar-refractivity contribution in [1.29, 1.82) is 0 Å². The first-order chi connectivity index (χ1) is 18.1. The van der Waals surface area contributed by atoms with Gasteiger partial charge in [-0.05, 0) is 56.5 Å². The first-order valence-corrected chi connectivity index (χ1v) is 14.9. The molecule has 9 nitrogen and oxygen atoms in total. The van der Waals surface area contributed by atoms with Crippen molar-refractivity contribution in [3.05, 3.63) is 47.8 Å². The molecular weight excluding hydrogens is 536 g/mol. The van der Waals surface area contributed by atoms with Gasteiger partial charge in [-0.3, -0.25) is 9.78 Å². The summed E-state index contributed by atoms with van der Waals surface area (Å²) in [6.45, 7) is 3.35. The van der Waals surface area contributed by atoms with Crippen molar-refractivity contribution in [3.8, 4) is 11.1 Å². The molecule has 2 aliphatic carbocycles. The number of nitrogens with zero attached hydrogens (tertiary/aromatic N) is 5. The number of primary sulfonamides is 1. The van der Waals surface area contributed by atoms with Crippen LogP contribution >= 0.6 is 12.4 Å². The number of anilines is 2. The SMILES string of the molecule is CN1CCN(c2ncc(-c3ccc4ncc5c(c4c3)C3(CCC3)C(=O)N5C)cc2C2(S(N)(=O)=O)CC2)CC1.Cl. The highest BCUT2D eigenvalue weighted by Gasteiger charge is 2.57. The first-order valence-electron chi connectivity index (χ1n) is 13.3. The fourth-order valence-corrected chi connectivity index (χ4v) is 7.82. The smallest absolute Gasteiger partial charge is 0.237 e. The predicted molar refractivity (Wildman–Crippen MR) is 155 cm³/mol. The maximum absolute atomic E-state index is 13.2. The largest absolute Gasteiger partial charge is 0.354 e. The van der Waals surface area contributed by atoms with E-state index in [1.54, 1.807) is 4.90 Å². The summed E-state index contributed by atoms with van der Waals surface area (Å²) in [5.74, 6) is 0.875. The molecular formula is C28H33ClN6O3S. The van der Waals surface area contributed by atoms with Crippen LogP contribution in [0, 0.1) is 0 Å². The number of aromatic nitrogens is 2. The highest BCUT2D eigenvalue weighted by molar-refractivity contribution is 7.90. The third kappa shape index (κ3) is 3.72. The Kier molecular flexibility index (Phi) is 6.00. The topological polar surface area (TPSA) is 113 Å². The molecule has 39 heavy (non-hydrogen) atoms. The number of sulfonamides is 1. The number of rotatable bonds is 4. The second kappa shape index (κ2) is 8.86. The average Bonchev–Trinajstić information content (AvgIpc) is 3.66. The van der Waals surface area contributed by atoms with Gasteiger partial charge in [0.2, 0.25) is 15.9 Å². The highest BCUT2D eigenvalue weighted by Crippen LogP contribution is 2.56. The lowest BCUT2D eigenvalue weighted by atomic mass is 9.64. The lowest BCUT2D eigenvalue weighted by molar-refractivity contribution is -0.125. The van der Waals surface area contributed by atoms with Crippen molar-refractivity contribution in [2.75, 3.05) is 50.1 Å². The summed E-state index contributed by atoms with van der Waals surface area (Å²) in [7, 11) is 0.112. The van der Waals surface area contributed by atoms with Crippen LogP contribution in [-0.4, -0.2) is 69.5 Å². The molecule has 2 aliphatic heterocycles. The molecule has 1 spiro atoms. The number of fused-ring (bicyclic) bond motifs is 4. The summed E-state index contributed by atoms with van der Waals surface area (Å²) in [6.07, 6.45) is 7.41. The number of pyridine rings is 2. The van der Waals surface area contributed by atoms with E-state index in [2.05, 4.69) is 27.9 Å². The minimum Gasteiger partial charge on any atom is -0.354 e. The van der Waals surface area contributed by atoms with Gasteiger partial charge in [-0.1, -0.05) is 12.5 Å². The van der Waals surface area contributed by atoms with Gasteiger partial charge in [-0.15, -0.1) is 12.4 Å². The number of likely N-dealkylation sites (N-methyl/N-ethyl adjacent to an activating group) is 2. The number of halogens is 1. The minimum absolute atomic E-state index is 0. The van der Waals surface area contributed by atoms with Crippen molar-refractivity contribution in [3.63, 3.8) is 0 Å². The minimum atomic E-state index is -3.81. The standard InChI is InChI=1S/C28H32N6O3S.ClH/c1-32-10-12-34(13-11-32)25-21(28(8-9-28)38(29,36)37)15-19(16-31-25)18-4-5-22-20(14-18)24-23(17-30-22)33(2)26(35)27(24)6-3-7-27;/h4-5,14-17H,3,6-13H2,1-2H3,(H2,29,36,37);1H. The molecule has 0 radical (unpaired) electrons. The van der Waals surface area contributed by atoms with Crippen molar-refractivity contribution < 1.29 is 13.2 Å². The summed E-state index contributed by atoms with van der Waals surface area (Å²) < 4.78 is 24.5. The van der Waals surface area contributed by atoms with E-state index in [-0.39, 0.29) is 18.3 Å². The molecule has 11 heteroatoms. The zero-order chi connectivity index (χ0) is 26.4. The molecule has 1 saturated heterocycles. The van der Waals surface area contributed by atoms with Gasteiger partial charge in [0.1, 0.15) is 10.6 Å². The molecule has 206 valence electrons. The zero-order valence-electron chi connectivity index (χ0n) is 22.2. The number of piperazine rings is 1. The Morgan fingerprint density at radius 1 is 0.923 bits per heavy atom. The van der Waals surface area contributed by atoms with Crippen LogP contribution in [0.1, 0.15) is 43.2 Å². The van der Waals surface area contributed by atoms with E-state index in [0.29, 0.717) is 18.4 Å². The third-order valence-corrected chi connectivity index (χ3v) is 11.1. The number of carbonyl (C=O) groups is 1. The average molecular weight is 569 g/mol. The second-order valence-corrected chi connectivity index (χ2v) is 13.3. The molecule has 3 fully saturated rings. The van der Waals surface area contributed by atoms with Crippen LogP contribution in [0.2, 0.25) is 0 Å². The van der Waals surface area contributed by atoms with E-state index < -0.39 is 20.2 Å². The van der Waals surface area contributed by atoms with Gasteiger partial charge in [0.05, 0.1) is 22.8 Å². The molecule has 3 aromatic rings. The Morgan fingerprint density at radius 3 is 2.26 bits per heavy atom. The Balaban J connectivity index is 0.00000277. The quantitative estimate of drug-likeness (QED) is 0.514. The van der Waals surface area contributed by atoms with E-state index in [9.17, 15) is 13.2 Å². The lowest BCUT2D eigenvalue weighted by Crippen LogP contribution is -2.45. The molecule has 0 atom stereocenters. The fraction of sp³-hybridized carbons (Fsp3) is 0.464. The number of benzene rings is 1. The molecule has 0 unspecified atom stereocenters. The summed E-state index contributed by atoms with van der Waals surface area (Å²) >= 11 is 0. The van der Waals surface area contributed by atoms with Gasteiger partial charge in [0.25, 0.3) is 0 Å². The lowest BCUT2D eigenvalue weighted by Gasteiger charge is -2.37. The van der Waals surface area contributed by atoms with E-state index in [0.717, 1.165) is 84.5 Å². The molecule has 4 aliphatic rings. The molecule has 4 heterocycles. The van der Waals surface area contributed by atoms with Crippen LogP contribution in [0.3, 0.4) is 0 Å². The van der Waals surface area contributed by atoms with Gasteiger partial charge in [-0.2, -0.15) is 0 Å². The van der Waals surface area contributed by atoms with Crippen LogP contribution in [0.25, 0.3) is 22.0 Å². The predicted octanol–water partition coefficient (Wildman–Crippen LogP) is 3.15. The second-order valence-electron chi connectivity index (χ2n) is 11.5. The maximum Gasteiger partial charge on any atom is 0.237 e. The van der Waals surface area contributed by atoms with Crippen molar-refractivity contribution in [2.45, 2.75) is 42.3 Å². The van der Waals surface area contributed by atoms with Crippen LogP contribution in [-0.2, 0) is 25.0 Å². The summed E-state index contributed by atoms with van der Waals surface area (Å²) in [5.41, 5.74) is 4.82. The van der Waals surface area contributed by atoms with Gasteiger partial charge in [0, 0.05) is 61.5 Å². The molecule has 1 aromatic carbocycles. The van der Waals surface area contributed by atoms with Crippen molar-refractivity contribution >= 4 is 50.7 Å². The molecule has 2 N–H and O–H groups in total. The van der Waals surface area contributed by atoms with E-state index in [1.807, 2.05) is 37.6 Å². The van der Waals surface area contributed by atoms with Gasteiger partial charge >= 0.3 is 0 Å². The Bertz CT molecular complexity index is 1610. The van der Waals surface area contributed by atoms with Crippen molar-refractivity contribution in [2.24, 2.45) is 5.14 Å². The molecule has 2 saturated carbocycles. The van der Waals surface area contributed by atoms with Gasteiger partial charge in [0.15, 0.2) is 0 Å². The maximum atomic E-state index is 13.2. The van der Waals surface area contributed by atoms with Crippen molar-refractivity contribution in [1.82, 2.24) is 14.9 Å². The Morgan fingerprint density at radius 2 is 1.64 bits per heavy atom. The normalized spacial score (nSPS) is 21.6. The first kappa shape index (κ1) is 26.4. The van der Waals surface area contributed by atoms with E-state index >= 15 is 0 Å². The monoisotopic (exact) mass is 568 g/mol. The Hall–Kier alpha value is -2.79. The molecule has 1 amide bonds. The number of amides is 1. The number of nitrogens with two attached hydrogens (primary N) is 1. The third-order valence-electron chi connectivity index (χ3n) is 9.35. The summed E-state index contributed by atoms with van der Waals surface area (Å²) in [5, 5.41) is 6.78. The molecule has 0 bridgehead atoms. The Labute approximate surface area is 234 Å². The summed E-state index contributed by atoms with van der Waals surface area (Å²) in [4.78, 5) is 29.0. The number of carbonyl (C=O) groups excluding carboxylic acids is 1. The number of hydrogen-bond donors (Lipinski definition) is 1. The van der Waals surface area contributed by atoms with E-state index in [1.165, 1.54) is 0 Å². The zero-order valence-corrected chi connectivity index (χ0v) is 23.8. The van der Waals surface area contributed by atoms with Crippen LogP contribution in [0.4, 0.5) is 11.5 Å². The molecule has 2 aromatic heterocycles. The van der Waals surface area contributed by atoms with Gasteiger partial charge < -0.3 is 14.7 Å².